The van der Waals surface area contributed by atoms with E-state index in [1.54, 1.807) is 7.11 Å². The van der Waals surface area contributed by atoms with Crippen LogP contribution in [0.5, 0.6) is 0 Å². The van der Waals surface area contributed by atoms with Crippen LogP contribution < -0.4 is 5.73 Å². The van der Waals surface area contributed by atoms with Crippen LogP contribution in [0.1, 0.15) is 45.4 Å². The summed E-state index contributed by atoms with van der Waals surface area (Å²) in [7, 11) is 1.81. The summed E-state index contributed by atoms with van der Waals surface area (Å²) in [5.74, 6) is 0. The highest BCUT2D eigenvalue weighted by molar-refractivity contribution is 4.92. The Labute approximate surface area is 75.5 Å². The fraction of sp³-hybridized carbons (Fsp3) is 1.00. The van der Waals surface area contributed by atoms with E-state index in [2.05, 4.69) is 6.92 Å². The molecule has 2 heteroatoms. The van der Waals surface area contributed by atoms with Crippen LogP contribution >= 0.6 is 0 Å². The molecule has 1 rings (SSSR count). The van der Waals surface area contributed by atoms with Crippen molar-refractivity contribution in [3.8, 4) is 0 Å². The van der Waals surface area contributed by atoms with Crippen LogP contribution in [0.15, 0.2) is 0 Å². The molecule has 0 amide bonds. The summed E-state index contributed by atoms with van der Waals surface area (Å²) < 4.78 is 5.61. The van der Waals surface area contributed by atoms with Crippen molar-refractivity contribution < 1.29 is 4.74 Å². The van der Waals surface area contributed by atoms with Gasteiger partial charge >= 0.3 is 0 Å². The van der Waals surface area contributed by atoms with Gasteiger partial charge in [-0.3, -0.25) is 0 Å². The summed E-state index contributed by atoms with van der Waals surface area (Å²) in [6.07, 6.45) is 7.23. The van der Waals surface area contributed by atoms with E-state index in [0.717, 1.165) is 19.3 Å². The summed E-state index contributed by atoms with van der Waals surface area (Å²) in [5.41, 5.74) is 6.08. The zero-order chi connectivity index (χ0) is 9.03. The molecule has 12 heavy (non-hydrogen) atoms. The Morgan fingerprint density at radius 1 is 1.33 bits per heavy atom. The Bertz CT molecular complexity index is 130. The van der Waals surface area contributed by atoms with Gasteiger partial charge in [-0.2, -0.15) is 0 Å². The summed E-state index contributed by atoms with van der Waals surface area (Å²) in [6, 6.07) is 0.225. The van der Waals surface area contributed by atoms with Gasteiger partial charge in [0.25, 0.3) is 0 Å². The minimum absolute atomic E-state index is 0.00694. The Hall–Kier alpha value is -0.0800. The van der Waals surface area contributed by atoms with Gasteiger partial charge in [-0.05, 0) is 19.3 Å². The molecule has 2 nitrogen and oxygen atoms in total. The summed E-state index contributed by atoms with van der Waals surface area (Å²) in [4.78, 5) is 0. The van der Waals surface area contributed by atoms with E-state index >= 15 is 0 Å². The molecule has 1 saturated carbocycles. The summed E-state index contributed by atoms with van der Waals surface area (Å²) >= 11 is 0. The molecular formula is C10H21NO. The first-order valence-electron chi connectivity index (χ1n) is 5.06. The maximum absolute atomic E-state index is 6.07. The van der Waals surface area contributed by atoms with Crippen molar-refractivity contribution >= 4 is 0 Å². The molecule has 0 spiro atoms. The topological polar surface area (TPSA) is 35.2 Å². The third-order valence-electron chi connectivity index (χ3n) is 3.22. The highest BCUT2D eigenvalue weighted by atomic mass is 16.5. The Kier molecular flexibility index (Phi) is 3.53. The van der Waals surface area contributed by atoms with Gasteiger partial charge in [0.15, 0.2) is 0 Å². The van der Waals surface area contributed by atoms with E-state index in [4.69, 9.17) is 10.5 Å². The quantitative estimate of drug-likeness (QED) is 0.705. The zero-order valence-electron chi connectivity index (χ0n) is 8.31. The van der Waals surface area contributed by atoms with Crippen molar-refractivity contribution in [1.82, 2.24) is 0 Å². The zero-order valence-corrected chi connectivity index (χ0v) is 8.31. The van der Waals surface area contributed by atoms with Crippen LogP contribution in [0.25, 0.3) is 0 Å². The molecule has 0 bridgehead atoms. The highest BCUT2D eigenvalue weighted by Crippen LogP contribution is 2.34. The van der Waals surface area contributed by atoms with Gasteiger partial charge in [0.05, 0.1) is 5.60 Å². The van der Waals surface area contributed by atoms with E-state index in [1.807, 2.05) is 0 Å². The van der Waals surface area contributed by atoms with Crippen molar-refractivity contribution in [1.29, 1.82) is 0 Å². The molecule has 0 radical (unpaired) electrons. The smallest absolute Gasteiger partial charge is 0.0828 e. The van der Waals surface area contributed by atoms with Gasteiger partial charge in [0, 0.05) is 13.2 Å². The molecule has 1 fully saturated rings. The maximum Gasteiger partial charge on any atom is 0.0828 e. The van der Waals surface area contributed by atoms with Crippen LogP contribution in [-0.2, 0) is 4.74 Å². The second-order valence-corrected chi connectivity index (χ2v) is 3.84. The van der Waals surface area contributed by atoms with Crippen molar-refractivity contribution in [3.05, 3.63) is 0 Å². The van der Waals surface area contributed by atoms with Crippen molar-refractivity contribution in [2.45, 2.75) is 57.1 Å². The fourth-order valence-corrected chi connectivity index (χ4v) is 2.25. The number of hydrogen-bond donors (Lipinski definition) is 1. The molecule has 1 atom stereocenters. The van der Waals surface area contributed by atoms with Gasteiger partial charge < -0.3 is 10.5 Å². The lowest BCUT2D eigenvalue weighted by atomic mass is 9.78. The number of rotatable bonds is 3. The normalized spacial score (nSPS) is 25.2. The molecule has 0 aromatic heterocycles. The molecule has 0 aromatic rings. The SMILES string of the molecule is CC[C@H](N)C1(OC)CCCCC1. The molecule has 0 unspecified atom stereocenters. The first kappa shape index (κ1) is 10.0. The molecule has 0 saturated heterocycles. The molecule has 0 aromatic carbocycles. The Balaban J connectivity index is 2.59. The lowest BCUT2D eigenvalue weighted by molar-refractivity contribution is -0.0591. The van der Waals surface area contributed by atoms with Crippen molar-refractivity contribution in [2.75, 3.05) is 7.11 Å². The Morgan fingerprint density at radius 3 is 2.33 bits per heavy atom. The largest absolute Gasteiger partial charge is 0.377 e. The number of nitrogens with two attached hydrogens (primary N) is 1. The van der Waals surface area contributed by atoms with Crippen LogP contribution in [0, 0.1) is 0 Å². The van der Waals surface area contributed by atoms with Crippen LogP contribution in [0.2, 0.25) is 0 Å². The van der Waals surface area contributed by atoms with E-state index in [9.17, 15) is 0 Å². The van der Waals surface area contributed by atoms with Gasteiger partial charge in [0.2, 0.25) is 0 Å². The van der Waals surface area contributed by atoms with Crippen molar-refractivity contribution in [2.24, 2.45) is 5.73 Å². The molecule has 2 N–H and O–H groups in total. The van der Waals surface area contributed by atoms with E-state index in [-0.39, 0.29) is 11.6 Å². The molecule has 72 valence electrons. The number of methoxy groups -OCH3 is 1. The van der Waals surface area contributed by atoms with E-state index in [0.29, 0.717) is 0 Å². The lowest BCUT2D eigenvalue weighted by Crippen LogP contribution is -2.50. The Morgan fingerprint density at radius 2 is 1.92 bits per heavy atom. The standard InChI is InChI=1S/C10H21NO/c1-3-9(11)10(12-2)7-5-4-6-8-10/h9H,3-8,11H2,1-2H3/t9-/m0/s1. The van der Waals surface area contributed by atoms with Crippen molar-refractivity contribution in [3.63, 3.8) is 0 Å². The van der Waals surface area contributed by atoms with Crippen LogP contribution in [0.3, 0.4) is 0 Å². The van der Waals surface area contributed by atoms with Gasteiger partial charge in [-0.1, -0.05) is 26.2 Å². The molecular weight excluding hydrogens is 150 g/mol. The predicted molar refractivity (Wildman–Crippen MR) is 51.1 cm³/mol. The second-order valence-electron chi connectivity index (χ2n) is 3.84. The van der Waals surface area contributed by atoms with Gasteiger partial charge in [0.1, 0.15) is 0 Å². The monoisotopic (exact) mass is 171 g/mol. The summed E-state index contributed by atoms with van der Waals surface area (Å²) in [5, 5.41) is 0. The van der Waals surface area contributed by atoms with E-state index < -0.39 is 0 Å². The first-order valence-corrected chi connectivity index (χ1v) is 5.06. The van der Waals surface area contributed by atoms with Gasteiger partial charge in [-0.15, -0.1) is 0 Å². The first-order chi connectivity index (χ1) is 5.75. The fourth-order valence-electron chi connectivity index (χ4n) is 2.25. The van der Waals surface area contributed by atoms with E-state index in [1.165, 1.54) is 19.3 Å². The van der Waals surface area contributed by atoms with Gasteiger partial charge in [-0.25, -0.2) is 0 Å². The lowest BCUT2D eigenvalue weighted by Gasteiger charge is -2.40. The molecule has 1 aliphatic carbocycles. The average Bonchev–Trinajstić information content (AvgIpc) is 2.17. The third kappa shape index (κ3) is 1.80. The average molecular weight is 171 g/mol. The van der Waals surface area contributed by atoms with Crippen LogP contribution in [-0.4, -0.2) is 18.8 Å². The minimum atomic E-state index is 0.00694. The number of ether oxygens (including phenoxy) is 1. The van der Waals surface area contributed by atoms with Crippen LogP contribution in [0.4, 0.5) is 0 Å². The predicted octanol–water partition coefficient (Wildman–Crippen LogP) is 2.07. The molecule has 1 aliphatic rings. The second kappa shape index (κ2) is 4.24. The number of hydrogen-bond acceptors (Lipinski definition) is 2. The summed E-state index contributed by atoms with van der Waals surface area (Å²) in [6.45, 7) is 2.14. The highest BCUT2D eigenvalue weighted by Gasteiger charge is 2.36. The minimum Gasteiger partial charge on any atom is -0.377 e. The molecule has 0 aliphatic heterocycles. The molecule has 0 heterocycles. The third-order valence-corrected chi connectivity index (χ3v) is 3.22. The maximum atomic E-state index is 6.07.